The summed E-state index contributed by atoms with van der Waals surface area (Å²) in [7, 11) is 1.94. The number of nitrogens with one attached hydrogen (secondary N) is 1. The van der Waals surface area contributed by atoms with Crippen LogP contribution in [0.1, 0.15) is 19.8 Å². The van der Waals surface area contributed by atoms with Crippen molar-refractivity contribution in [2.45, 2.75) is 25.9 Å². The van der Waals surface area contributed by atoms with Crippen molar-refractivity contribution in [1.29, 1.82) is 0 Å². The van der Waals surface area contributed by atoms with Crippen LogP contribution in [-0.2, 0) is 0 Å². The molecule has 0 radical (unpaired) electrons. The van der Waals surface area contributed by atoms with Gasteiger partial charge < -0.3 is 0 Å². The van der Waals surface area contributed by atoms with Crippen LogP contribution in [0.5, 0.6) is 0 Å². The second-order valence-corrected chi connectivity index (χ2v) is 2.20. The molecule has 1 atom stereocenters. The van der Waals surface area contributed by atoms with E-state index in [0.29, 0.717) is 0 Å². The van der Waals surface area contributed by atoms with Crippen molar-refractivity contribution in [1.82, 2.24) is 10.5 Å². The van der Waals surface area contributed by atoms with Crippen LogP contribution >= 0.6 is 0 Å². The van der Waals surface area contributed by atoms with E-state index < -0.39 is 0 Å². The topological polar surface area (TPSA) is 40.0 Å². The maximum absolute atomic E-state index is 3.95. The van der Waals surface area contributed by atoms with Crippen molar-refractivity contribution >= 4 is 0 Å². The fourth-order valence-corrected chi connectivity index (χ4v) is 0.817. The van der Waals surface area contributed by atoms with E-state index in [0.717, 1.165) is 12.8 Å². The number of rotatable bonds is 2. The molecule has 0 aromatic heterocycles. The van der Waals surface area contributed by atoms with Crippen LogP contribution in [0.15, 0.2) is 10.3 Å². The molecule has 1 unspecified atom stereocenters. The summed E-state index contributed by atoms with van der Waals surface area (Å²) >= 11 is 0. The fourth-order valence-electron chi connectivity index (χ4n) is 0.817. The third-order valence-corrected chi connectivity index (χ3v) is 1.39. The minimum absolute atomic E-state index is 0.259. The Bertz CT molecular complexity index is 112. The smallest absolute Gasteiger partial charge is 0.143 e. The molecule has 1 N–H and O–H groups in total. The lowest BCUT2D eigenvalue weighted by Crippen LogP contribution is -2.32. The van der Waals surface area contributed by atoms with Gasteiger partial charge in [0.25, 0.3) is 0 Å². The van der Waals surface area contributed by atoms with Crippen LogP contribution < -0.4 is 5.53 Å². The molecule has 0 aliphatic carbocycles. The molecule has 9 heavy (non-hydrogen) atoms. The van der Waals surface area contributed by atoms with Crippen LogP contribution in [0.25, 0.3) is 0 Å². The second-order valence-electron chi connectivity index (χ2n) is 2.20. The molecule has 0 bridgehead atoms. The minimum Gasteiger partial charge on any atom is -0.220 e. The van der Waals surface area contributed by atoms with Gasteiger partial charge in [0.15, 0.2) is 0 Å². The maximum atomic E-state index is 3.95. The first-order valence-electron chi connectivity index (χ1n) is 3.23. The van der Waals surface area contributed by atoms with Gasteiger partial charge in [0, 0.05) is 7.05 Å². The third-order valence-electron chi connectivity index (χ3n) is 1.39. The van der Waals surface area contributed by atoms with Crippen LogP contribution in [0.3, 0.4) is 0 Å². The third kappa shape index (κ3) is 1.38. The predicted molar refractivity (Wildman–Crippen MR) is 34.5 cm³/mol. The molecule has 0 aromatic carbocycles. The van der Waals surface area contributed by atoms with Gasteiger partial charge in [-0.1, -0.05) is 18.6 Å². The van der Waals surface area contributed by atoms with E-state index in [1.165, 1.54) is 0 Å². The summed E-state index contributed by atoms with van der Waals surface area (Å²) in [5.74, 6) is 0. The molecule has 0 fully saturated rings. The average Bonchev–Trinajstić information content (AvgIpc) is 2.18. The highest BCUT2D eigenvalue weighted by molar-refractivity contribution is 4.62. The van der Waals surface area contributed by atoms with Gasteiger partial charge in [-0.2, -0.15) is 5.01 Å². The summed E-state index contributed by atoms with van der Waals surface area (Å²) in [4.78, 5) is 0. The molecule has 1 aliphatic heterocycles. The molecule has 1 aliphatic rings. The minimum atomic E-state index is 0.259. The monoisotopic (exact) mass is 128 g/mol. The molecule has 52 valence electrons. The normalized spacial score (nSPS) is 26.7. The molecule has 4 heteroatoms. The van der Waals surface area contributed by atoms with Gasteiger partial charge in [-0.15, -0.1) is 5.11 Å². The van der Waals surface area contributed by atoms with Crippen molar-refractivity contribution in [3.63, 3.8) is 0 Å². The number of hydrazine groups is 1. The van der Waals surface area contributed by atoms with E-state index in [9.17, 15) is 0 Å². The first-order valence-corrected chi connectivity index (χ1v) is 3.23. The summed E-state index contributed by atoms with van der Waals surface area (Å²) < 4.78 is 0. The molecule has 0 amide bonds. The van der Waals surface area contributed by atoms with E-state index in [4.69, 9.17) is 0 Å². The molecule has 0 aromatic rings. The Kier molecular flexibility index (Phi) is 2.00. The Labute approximate surface area is 54.9 Å². The Morgan fingerprint density at radius 2 is 2.44 bits per heavy atom. The Hall–Kier alpha value is -0.640. The van der Waals surface area contributed by atoms with Crippen LogP contribution in [0.2, 0.25) is 0 Å². The van der Waals surface area contributed by atoms with Gasteiger partial charge in [-0.25, -0.2) is 5.53 Å². The van der Waals surface area contributed by atoms with Crippen molar-refractivity contribution in [2.24, 2.45) is 10.3 Å². The average molecular weight is 128 g/mol. The Morgan fingerprint density at radius 1 is 1.67 bits per heavy atom. The Balaban J connectivity index is 2.31. The van der Waals surface area contributed by atoms with Crippen LogP contribution in [0.4, 0.5) is 0 Å². The highest BCUT2D eigenvalue weighted by Crippen LogP contribution is 2.08. The van der Waals surface area contributed by atoms with E-state index in [-0.39, 0.29) is 6.17 Å². The molecule has 0 saturated carbocycles. The quantitative estimate of drug-likeness (QED) is 0.601. The number of nitrogens with zero attached hydrogens (tertiary/aromatic N) is 3. The van der Waals surface area contributed by atoms with Gasteiger partial charge in [-0.3, -0.25) is 0 Å². The van der Waals surface area contributed by atoms with Gasteiger partial charge in [0.1, 0.15) is 6.17 Å². The highest BCUT2D eigenvalue weighted by atomic mass is 15.8. The summed E-state index contributed by atoms with van der Waals surface area (Å²) in [6.07, 6.45) is 2.48. The molecule has 0 saturated heterocycles. The molecular formula is C5H12N4. The van der Waals surface area contributed by atoms with Gasteiger partial charge in [-0.05, 0) is 6.42 Å². The van der Waals surface area contributed by atoms with Gasteiger partial charge >= 0.3 is 0 Å². The van der Waals surface area contributed by atoms with E-state index >= 15 is 0 Å². The van der Waals surface area contributed by atoms with Crippen molar-refractivity contribution in [3.8, 4) is 0 Å². The van der Waals surface area contributed by atoms with Gasteiger partial charge in [0.2, 0.25) is 0 Å². The van der Waals surface area contributed by atoms with Crippen LogP contribution in [-0.4, -0.2) is 18.2 Å². The zero-order chi connectivity index (χ0) is 6.69. The lowest BCUT2D eigenvalue weighted by molar-refractivity contribution is 0.210. The summed E-state index contributed by atoms with van der Waals surface area (Å²) in [5, 5.41) is 9.52. The summed E-state index contributed by atoms with van der Waals surface area (Å²) in [6.45, 7) is 2.14. The Morgan fingerprint density at radius 3 is 2.89 bits per heavy atom. The zero-order valence-electron chi connectivity index (χ0n) is 5.83. The SMILES string of the molecule is CCCC1N=NNN1C. The first kappa shape index (κ1) is 6.48. The summed E-state index contributed by atoms with van der Waals surface area (Å²) in [6, 6.07) is 0. The molecular weight excluding hydrogens is 116 g/mol. The van der Waals surface area contributed by atoms with Crippen molar-refractivity contribution < 1.29 is 0 Å². The van der Waals surface area contributed by atoms with Crippen LogP contribution in [0, 0.1) is 0 Å². The van der Waals surface area contributed by atoms with E-state index in [2.05, 4.69) is 22.8 Å². The highest BCUT2D eigenvalue weighted by Gasteiger charge is 2.15. The molecule has 1 heterocycles. The summed E-state index contributed by atoms with van der Waals surface area (Å²) in [5.41, 5.74) is 2.75. The number of hydrogen-bond acceptors (Lipinski definition) is 4. The maximum Gasteiger partial charge on any atom is 0.143 e. The lowest BCUT2D eigenvalue weighted by Gasteiger charge is -2.13. The molecule has 0 spiro atoms. The van der Waals surface area contributed by atoms with E-state index in [1.54, 1.807) is 0 Å². The fraction of sp³-hybridized carbons (Fsp3) is 1.00. The van der Waals surface area contributed by atoms with E-state index in [1.807, 2.05) is 12.1 Å². The lowest BCUT2D eigenvalue weighted by atomic mass is 10.3. The standard InChI is InChI=1S/C5H12N4/c1-3-4-5-6-7-8-9(5)2/h5H,3-4H2,1-2H3,(H,6,8). The molecule has 1 rings (SSSR count). The predicted octanol–water partition coefficient (Wildman–Crippen LogP) is 0.930. The number of hydrogen-bond donors (Lipinski definition) is 1. The van der Waals surface area contributed by atoms with Crippen molar-refractivity contribution in [3.05, 3.63) is 0 Å². The van der Waals surface area contributed by atoms with Crippen molar-refractivity contribution in [2.75, 3.05) is 7.05 Å². The zero-order valence-corrected chi connectivity index (χ0v) is 5.83. The first-order chi connectivity index (χ1) is 4.34. The van der Waals surface area contributed by atoms with Gasteiger partial charge in [0.05, 0.1) is 0 Å². The second kappa shape index (κ2) is 2.77. The molecule has 4 nitrogen and oxygen atoms in total. The largest absolute Gasteiger partial charge is 0.220 e.